The van der Waals surface area contributed by atoms with Crippen LogP contribution in [0.2, 0.25) is 0 Å². The first-order valence-electron chi connectivity index (χ1n) is 5.89. The maximum absolute atomic E-state index is 11.7. The molecule has 0 aliphatic carbocycles. The zero-order valence-electron chi connectivity index (χ0n) is 10.7. The van der Waals surface area contributed by atoms with Gasteiger partial charge >= 0.3 is 5.97 Å². The van der Waals surface area contributed by atoms with E-state index in [0.29, 0.717) is 17.0 Å². The number of para-hydroxylation sites is 1. The van der Waals surface area contributed by atoms with Gasteiger partial charge in [-0.05, 0) is 12.1 Å². The number of nitrogens with zero attached hydrogens (tertiary/aromatic N) is 1. The molecule has 1 atom stereocenters. The Morgan fingerprint density at radius 3 is 2.80 bits per heavy atom. The largest absolute Gasteiger partial charge is 0.480 e. The predicted octanol–water partition coefficient (Wildman–Crippen LogP) is 1.03. The van der Waals surface area contributed by atoms with E-state index in [4.69, 9.17) is 16.1 Å². The van der Waals surface area contributed by atoms with Gasteiger partial charge in [-0.1, -0.05) is 12.1 Å². The van der Waals surface area contributed by atoms with E-state index in [0.717, 1.165) is 0 Å². The van der Waals surface area contributed by atoms with Crippen LogP contribution in [0, 0.1) is 11.3 Å². The number of benzene rings is 1. The first-order chi connectivity index (χ1) is 9.54. The summed E-state index contributed by atoms with van der Waals surface area (Å²) in [6, 6.07) is 7.81. The lowest BCUT2D eigenvalue weighted by Crippen LogP contribution is -2.32. The van der Waals surface area contributed by atoms with Gasteiger partial charge in [0.2, 0.25) is 5.91 Å². The van der Waals surface area contributed by atoms with E-state index < -0.39 is 12.0 Å². The summed E-state index contributed by atoms with van der Waals surface area (Å²) in [4.78, 5) is 22.2. The second-order valence-electron chi connectivity index (χ2n) is 3.98. The zero-order valence-corrected chi connectivity index (χ0v) is 11.5. The molecule has 6 nitrogen and oxygen atoms in total. The number of amides is 1. The van der Waals surface area contributed by atoms with Gasteiger partial charge in [-0.2, -0.15) is 17.0 Å². The van der Waals surface area contributed by atoms with Gasteiger partial charge < -0.3 is 16.2 Å². The molecule has 0 fully saturated rings. The third-order valence-electron chi connectivity index (χ3n) is 2.41. The Balaban J connectivity index is 2.34. The van der Waals surface area contributed by atoms with Crippen LogP contribution in [0.5, 0.6) is 0 Å². The number of nitriles is 1. The minimum Gasteiger partial charge on any atom is -0.480 e. The fourth-order valence-electron chi connectivity index (χ4n) is 1.35. The summed E-state index contributed by atoms with van der Waals surface area (Å²) in [5.41, 5.74) is 6.22. The predicted molar refractivity (Wildman–Crippen MR) is 77.3 cm³/mol. The number of thioether (sulfide) groups is 1. The van der Waals surface area contributed by atoms with Crippen LogP contribution < -0.4 is 11.1 Å². The van der Waals surface area contributed by atoms with E-state index in [1.165, 1.54) is 11.8 Å². The van der Waals surface area contributed by atoms with Gasteiger partial charge in [-0.3, -0.25) is 9.59 Å². The van der Waals surface area contributed by atoms with Crippen molar-refractivity contribution in [3.8, 4) is 6.07 Å². The van der Waals surface area contributed by atoms with Gasteiger partial charge in [0.25, 0.3) is 0 Å². The summed E-state index contributed by atoms with van der Waals surface area (Å²) in [5.74, 6) is -0.534. The molecule has 106 valence electrons. The highest BCUT2D eigenvalue weighted by Crippen LogP contribution is 2.14. The van der Waals surface area contributed by atoms with Crippen LogP contribution in [0.4, 0.5) is 5.69 Å². The third kappa shape index (κ3) is 5.30. The zero-order chi connectivity index (χ0) is 15.0. The van der Waals surface area contributed by atoms with E-state index in [1.54, 1.807) is 24.3 Å². The molecule has 0 saturated carbocycles. The number of aliphatic carboxylic acids is 1. The van der Waals surface area contributed by atoms with Gasteiger partial charge in [0.1, 0.15) is 12.1 Å². The molecule has 0 heterocycles. The molecule has 0 radical (unpaired) electrons. The molecule has 1 amide bonds. The van der Waals surface area contributed by atoms with E-state index >= 15 is 0 Å². The van der Waals surface area contributed by atoms with Crippen molar-refractivity contribution in [2.75, 3.05) is 16.8 Å². The first-order valence-corrected chi connectivity index (χ1v) is 7.05. The molecule has 1 aromatic carbocycles. The maximum Gasteiger partial charge on any atom is 0.321 e. The number of hydrogen-bond donors (Lipinski definition) is 3. The van der Waals surface area contributed by atoms with Crippen molar-refractivity contribution in [1.82, 2.24) is 0 Å². The summed E-state index contributed by atoms with van der Waals surface area (Å²) >= 11 is 1.31. The summed E-state index contributed by atoms with van der Waals surface area (Å²) in [7, 11) is 0. The quantitative estimate of drug-likeness (QED) is 0.647. The Kier molecular flexibility index (Phi) is 6.56. The molecule has 0 aromatic heterocycles. The number of carboxylic acid groups (broad SMARTS) is 1. The number of carbonyl (C=O) groups excluding carboxylic acids is 1. The number of carboxylic acids is 1. The van der Waals surface area contributed by atoms with Crippen LogP contribution in [-0.4, -0.2) is 34.5 Å². The van der Waals surface area contributed by atoms with Crippen molar-refractivity contribution >= 4 is 29.3 Å². The molecular formula is C13H15N3O3S. The normalized spacial score (nSPS) is 11.4. The number of nitrogens with one attached hydrogen (secondary N) is 1. The first kappa shape index (κ1) is 16.0. The van der Waals surface area contributed by atoms with Crippen LogP contribution in [0.25, 0.3) is 0 Å². The molecule has 4 N–H and O–H groups in total. The smallest absolute Gasteiger partial charge is 0.321 e. The lowest BCUT2D eigenvalue weighted by atomic mass is 10.2. The standard InChI is InChI=1S/C13H15N3O3S/c14-7-9-3-1-2-4-11(9)16-12(17)5-6-20-8-10(15)13(18)19/h1-4,10H,5-6,8,15H2,(H,16,17)(H,18,19)/t10-/m1/s1. The van der Waals surface area contributed by atoms with Crippen molar-refractivity contribution in [2.24, 2.45) is 5.73 Å². The second-order valence-corrected chi connectivity index (χ2v) is 5.13. The number of nitrogens with two attached hydrogens (primary N) is 1. The topological polar surface area (TPSA) is 116 Å². The average molecular weight is 293 g/mol. The molecule has 0 aliphatic rings. The lowest BCUT2D eigenvalue weighted by molar-refractivity contribution is -0.137. The molecule has 7 heteroatoms. The van der Waals surface area contributed by atoms with E-state index in [-0.39, 0.29) is 18.1 Å². The van der Waals surface area contributed by atoms with E-state index in [1.807, 2.05) is 6.07 Å². The van der Waals surface area contributed by atoms with E-state index in [2.05, 4.69) is 5.32 Å². The van der Waals surface area contributed by atoms with Gasteiger partial charge in [0, 0.05) is 17.9 Å². The monoisotopic (exact) mass is 293 g/mol. The molecule has 0 unspecified atom stereocenters. The van der Waals surface area contributed by atoms with Crippen molar-refractivity contribution in [3.05, 3.63) is 29.8 Å². The molecular weight excluding hydrogens is 278 g/mol. The van der Waals surface area contributed by atoms with Crippen LogP contribution in [0.3, 0.4) is 0 Å². The summed E-state index contributed by atoms with van der Waals surface area (Å²) in [6.07, 6.45) is 0.233. The maximum atomic E-state index is 11.7. The molecule has 0 spiro atoms. The SMILES string of the molecule is N#Cc1ccccc1NC(=O)CCSC[C@@H](N)C(=O)O. The Labute approximate surface area is 121 Å². The van der Waals surface area contributed by atoms with Crippen LogP contribution in [0.1, 0.15) is 12.0 Å². The minimum atomic E-state index is -1.05. The van der Waals surface area contributed by atoms with Crippen molar-refractivity contribution in [1.29, 1.82) is 5.26 Å². The molecule has 1 aromatic rings. The van der Waals surface area contributed by atoms with Crippen LogP contribution in [-0.2, 0) is 9.59 Å². The summed E-state index contributed by atoms with van der Waals surface area (Å²) in [5, 5.41) is 20.1. The van der Waals surface area contributed by atoms with Crippen molar-refractivity contribution in [3.63, 3.8) is 0 Å². The number of rotatable bonds is 7. The number of carbonyl (C=O) groups is 2. The Morgan fingerprint density at radius 2 is 2.15 bits per heavy atom. The fourth-order valence-corrected chi connectivity index (χ4v) is 2.24. The summed E-state index contributed by atoms with van der Waals surface area (Å²) in [6.45, 7) is 0. The van der Waals surface area contributed by atoms with Crippen LogP contribution >= 0.6 is 11.8 Å². The molecule has 1 rings (SSSR count). The fraction of sp³-hybridized carbons (Fsp3) is 0.308. The van der Waals surface area contributed by atoms with Crippen LogP contribution in [0.15, 0.2) is 24.3 Å². The Bertz CT molecular complexity index is 528. The Hall–Kier alpha value is -2.04. The van der Waals surface area contributed by atoms with E-state index in [9.17, 15) is 9.59 Å². The Morgan fingerprint density at radius 1 is 1.45 bits per heavy atom. The molecule has 0 aliphatic heterocycles. The summed E-state index contributed by atoms with van der Waals surface area (Å²) < 4.78 is 0. The second kappa shape index (κ2) is 8.19. The van der Waals surface area contributed by atoms with Gasteiger partial charge in [-0.15, -0.1) is 0 Å². The van der Waals surface area contributed by atoms with Gasteiger partial charge in [0.15, 0.2) is 0 Å². The van der Waals surface area contributed by atoms with Gasteiger partial charge in [0.05, 0.1) is 11.3 Å². The molecule has 0 bridgehead atoms. The highest BCUT2D eigenvalue weighted by molar-refractivity contribution is 7.99. The number of anilines is 1. The van der Waals surface area contributed by atoms with Gasteiger partial charge in [-0.25, -0.2) is 0 Å². The highest BCUT2D eigenvalue weighted by Gasteiger charge is 2.11. The molecule has 20 heavy (non-hydrogen) atoms. The minimum absolute atomic E-state index is 0.218. The molecule has 0 saturated heterocycles. The lowest BCUT2D eigenvalue weighted by Gasteiger charge is -2.07. The third-order valence-corrected chi connectivity index (χ3v) is 3.50. The van der Waals surface area contributed by atoms with Crippen molar-refractivity contribution in [2.45, 2.75) is 12.5 Å². The highest BCUT2D eigenvalue weighted by atomic mass is 32.2. The average Bonchev–Trinajstić information content (AvgIpc) is 2.43. The number of hydrogen-bond acceptors (Lipinski definition) is 5. The van der Waals surface area contributed by atoms with Crippen molar-refractivity contribution < 1.29 is 14.7 Å².